The van der Waals surface area contributed by atoms with Gasteiger partial charge < -0.3 is 15.7 Å². The molecular weight excluding hydrogens is 274 g/mol. The van der Waals surface area contributed by atoms with Crippen LogP contribution < -0.4 is 10.6 Å². The number of pyridine rings is 1. The highest BCUT2D eigenvalue weighted by Gasteiger charge is 2.13. The molecule has 8 heteroatoms. The maximum atomic E-state index is 11.8. The molecular formula is C13H15N5O3. The summed E-state index contributed by atoms with van der Waals surface area (Å²) < 4.78 is 1.66. The summed E-state index contributed by atoms with van der Waals surface area (Å²) >= 11 is 0. The first-order valence-electron chi connectivity index (χ1n) is 6.19. The molecule has 0 aliphatic rings. The van der Waals surface area contributed by atoms with Crippen LogP contribution in [0.25, 0.3) is 0 Å². The van der Waals surface area contributed by atoms with Crippen molar-refractivity contribution < 1.29 is 14.7 Å². The van der Waals surface area contributed by atoms with Crippen LogP contribution in [0.4, 0.5) is 10.5 Å². The number of amides is 2. The normalized spacial score (nSPS) is 10.2. The van der Waals surface area contributed by atoms with Crippen LogP contribution in [0.2, 0.25) is 0 Å². The third-order valence-electron chi connectivity index (χ3n) is 2.81. The fourth-order valence-electron chi connectivity index (χ4n) is 1.84. The van der Waals surface area contributed by atoms with Gasteiger partial charge in [0.2, 0.25) is 0 Å². The van der Waals surface area contributed by atoms with Crippen LogP contribution in [-0.2, 0) is 13.6 Å². The summed E-state index contributed by atoms with van der Waals surface area (Å²) in [7, 11) is 1.80. The molecule has 2 aromatic rings. The van der Waals surface area contributed by atoms with E-state index in [4.69, 9.17) is 5.11 Å². The number of hydrogen-bond acceptors (Lipinski definition) is 4. The smallest absolute Gasteiger partial charge is 0.356 e. The van der Waals surface area contributed by atoms with E-state index in [9.17, 15) is 9.59 Å². The lowest BCUT2D eigenvalue weighted by molar-refractivity contribution is 0.0691. The molecule has 0 saturated carbocycles. The average Bonchev–Trinajstić information content (AvgIpc) is 2.75. The lowest BCUT2D eigenvalue weighted by Gasteiger charge is -2.08. The molecule has 2 rings (SSSR count). The molecule has 0 aliphatic carbocycles. The lowest BCUT2D eigenvalue weighted by atomic mass is 10.2. The molecule has 0 bridgehead atoms. The number of anilines is 1. The summed E-state index contributed by atoms with van der Waals surface area (Å²) in [6.45, 7) is 2.15. The van der Waals surface area contributed by atoms with Gasteiger partial charge in [0.1, 0.15) is 0 Å². The molecule has 0 spiro atoms. The Morgan fingerprint density at radius 3 is 2.81 bits per heavy atom. The topological polar surface area (TPSA) is 109 Å². The Bertz CT molecular complexity index is 680. The number of urea groups is 1. The van der Waals surface area contributed by atoms with E-state index in [-0.39, 0.29) is 11.4 Å². The first-order valence-corrected chi connectivity index (χ1v) is 6.19. The molecule has 2 aromatic heterocycles. The fraction of sp³-hybridized carbons (Fsp3) is 0.231. The van der Waals surface area contributed by atoms with Gasteiger partial charge in [0.25, 0.3) is 0 Å². The van der Waals surface area contributed by atoms with Crippen LogP contribution in [0, 0.1) is 6.92 Å². The Kier molecular flexibility index (Phi) is 4.17. The van der Waals surface area contributed by atoms with Gasteiger partial charge in [-0.25, -0.2) is 14.6 Å². The van der Waals surface area contributed by atoms with Gasteiger partial charge >= 0.3 is 12.0 Å². The summed E-state index contributed by atoms with van der Waals surface area (Å²) in [5.41, 5.74) is 1.65. The summed E-state index contributed by atoms with van der Waals surface area (Å²) in [5.74, 6) is -1.20. The molecule has 8 nitrogen and oxygen atoms in total. The minimum Gasteiger partial charge on any atom is -0.476 e. The molecule has 21 heavy (non-hydrogen) atoms. The van der Waals surface area contributed by atoms with E-state index in [0.717, 1.165) is 11.3 Å². The zero-order chi connectivity index (χ0) is 15.4. The van der Waals surface area contributed by atoms with Crippen molar-refractivity contribution in [1.29, 1.82) is 0 Å². The molecule has 0 unspecified atom stereocenters. The SMILES string of the molecule is Cc1nn(C)cc1CNC(=O)Nc1cccnc1C(=O)O. The van der Waals surface area contributed by atoms with Crippen molar-refractivity contribution in [3.63, 3.8) is 0 Å². The van der Waals surface area contributed by atoms with Crippen molar-refractivity contribution in [2.45, 2.75) is 13.5 Å². The van der Waals surface area contributed by atoms with Gasteiger partial charge in [-0.15, -0.1) is 0 Å². The molecule has 110 valence electrons. The average molecular weight is 289 g/mol. The molecule has 0 aliphatic heterocycles. The third kappa shape index (κ3) is 3.56. The number of aromatic nitrogens is 3. The molecule has 2 amide bonds. The molecule has 0 saturated heterocycles. The number of hydrogen-bond donors (Lipinski definition) is 3. The number of aryl methyl sites for hydroxylation is 2. The van der Waals surface area contributed by atoms with Gasteiger partial charge in [-0.05, 0) is 19.1 Å². The molecule has 0 aromatic carbocycles. The standard InChI is InChI=1S/C13H15N5O3/c1-8-9(7-18(2)17-8)6-15-13(21)16-10-4-3-5-14-11(10)12(19)20/h3-5,7H,6H2,1-2H3,(H,19,20)(H2,15,16,21). The molecule has 0 radical (unpaired) electrons. The minimum atomic E-state index is -1.20. The van der Waals surface area contributed by atoms with Gasteiger partial charge in [-0.3, -0.25) is 4.68 Å². The summed E-state index contributed by atoms with van der Waals surface area (Å²) in [6.07, 6.45) is 3.16. The van der Waals surface area contributed by atoms with Crippen molar-refractivity contribution in [2.24, 2.45) is 7.05 Å². The first kappa shape index (κ1) is 14.5. The van der Waals surface area contributed by atoms with E-state index in [2.05, 4.69) is 20.7 Å². The predicted octanol–water partition coefficient (Wildman–Crippen LogP) is 1.14. The van der Waals surface area contributed by atoms with E-state index in [0.29, 0.717) is 6.54 Å². The number of carboxylic acid groups (broad SMARTS) is 1. The van der Waals surface area contributed by atoms with Crippen molar-refractivity contribution in [3.05, 3.63) is 41.5 Å². The van der Waals surface area contributed by atoms with Crippen LogP contribution in [0.5, 0.6) is 0 Å². The Hall–Kier alpha value is -2.90. The Labute approximate surface area is 120 Å². The monoisotopic (exact) mass is 289 g/mol. The van der Waals surface area contributed by atoms with Crippen LogP contribution in [0.3, 0.4) is 0 Å². The van der Waals surface area contributed by atoms with Crippen molar-refractivity contribution in [1.82, 2.24) is 20.1 Å². The summed E-state index contributed by atoms with van der Waals surface area (Å²) in [5, 5.41) is 18.3. The Morgan fingerprint density at radius 2 is 2.19 bits per heavy atom. The first-order chi connectivity index (χ1) is 9.97. The zero-order valence-corrected chi connectivity index (χ0v) is 11.6. The molecule has 2 heterocycles. The third-order valence-corrected chi connectivity index (χ3v) is 2.81. The van der Waals surface area contributed by atoms with Crippen LogP contribution >= 0.6 is 0 Å². The van der Waals surface area contributed by atoms with E-state index in [1.54, 1.807) is 17.8 Å². The molecule has 3 N–H and O–H groups in total. The highest BCUT2D eigenvalue weighted by molar-refractivity contribution is 5.98. The highest BCUT2D eigenvalue weighted by atomic mass is 16.4. The van der Waals surface area contributed by atoms with Crippen molar-refractivity contribution in [3.8, 4) is 0 Å². The van der Waals surface area contributed by atoms with E-state index in [1.165, 1.54) is 12.3 Å². The number of carbonyl (C=O) groups excluding carboxylic acids is 1. The predicted molar refractivity (Wildman–Crippen MR) is 75.0 cm³/mol. The number of aromatic carboxylic acids is 1. The van der Waals surface area contributed by atoms with Gasteiger partial charge in [0, 0.05) is 31.5 Å². The largest absolute Gasteiger partial charge is 0.476 e. The van der Waals surface area contributed by atoms with Crippen LogP contribution in [0.1, 0.15) is 21.7 Å². The maximum absolute atomic E-state index is 11.8. The number of carboxylic acids is 1. The lowest BCUT2D eigenvalue weighted by Crippen LogP contribution is -2.29. The highest BCUT2D eigenvalue weighted by Crippen LogP contribution is 2.12. The maximum Gasteiger partial charge on any atom is 0.356 e. The van der Waals surface area contributed by atoms with Crippen molar-refractivity contribution in [2.75, 3.05) is 5.32 Å². The second-order valence-electron chi connectivity index (χ2n) is 4.43. The number of nitrogens with zero attached hydrogens (tertiary/aromatic N) is 3. The molecule has 0 atom stereocenters. The van der Waals surface area contributed by atoms with Gasteiger partial charge in [-0.1, -0.05) is 0 Å². The Balaban J connectivity index is 1.99. The van der Waals surface area contributed by atoms with Gasteiger partial charge in [-0.2, -0.15) is 5.10 Å². The number of nitrogens with one attached hydrogen (secondary N) is 2. The van der Waals surface area contributed by atoms with E-state index in [1.807, 2.05) is 13.1 Å². The summed E-state index contributed by atoms with van der Waals surface area (Å²) in [6, 6.07) is 2.52. The van der Waals surface area contributed by atoms with Crippen LogP contribution in [0.15, 0.2) is 24.5 Å². The fourth-order valence-corrected chi connectivity index (χ4v) is 1.84. The summed E-state index contributed by atoms with van der Waals surface area (Å²) in [4.78, 5) is 26.5. The second kappa shape index (κ2) is 6.04. The van der Waals surface area contributed by atoms with E-state index < -0.39 is 12.0 Å². The quantitative estimate of drug-likeness (QED) is 0.782. The molecule has 0 fully saturated rings. The van der Waals surface area contributed by atoms with E-state index >= 15 is 0 Å². The minimum absolute atomic E-state index is 0.144. The Morgan fingerprint density at radius 1 is 1.43 bits per heavy atom. The second-order valence-corrected chi connectivity index (χ2v) is 4.43. The number of rotatable bonds is 4. The number of carbonyl (C=O) groups is 2. The van der Waals surface area contributed by atoms with Crippen molar-refractivity contribution >= 4 is 17.7 Å². The van der Waals surface area contributed by atoms with Crippen LogP contribution in [-0.4, -0.2) is 31.9 Å². The van der Waals surface area contributed by atoms with Gasteiger partial charge in [0.15, 0.2) is 5.69 Å². The zero-order valence-electron chi connectivity index (χ0n) is 11.6. The van der Waals surface area contributed by atoms with Gasteiger partial charge in [0.05, 0.1) is 11.4 Å².